The van der Waals surface area contributed by atoms with Crippen molar-refractivity contribution in [3.05, 3.63) is 29.8 Å². The minimum absolute atomic E-state index is 0.106. The number of alkyl halides is 1. The highest BCUT2D eigenvalue weighted by Gasteiger charge is 2.09. The van der Waals surface area contributed by atoms with Crippen LogP contribution in [-0.4, -0.2) is 25.2 Å². The summed E-state index contributed by atoms with van der Waals surface area (Å²) in [6, 6.07) is 8.02. The summed E-state index contributed by atoms with van der Waals surface area (Å²) in [6.07, 6.45) is 1.48. The molecule has 3 nitrogen and oxygen atoms in total. The SMILES string of the molecule is CN(C)c1ccc(C(Cl)CCCC(=O)O)cc1. The van der Waals surface area contributed by atoms with Gasteiger partial charge in [-0.25, -0.2) is 0 Å². The number of nitrogens with zero attached hydrogens (tertiary/aromatic N) is 1. The van der Waals surface area contributed by atoms with E-state index >= 15 is 0 Å². The molecule has 0 saturated carbocycles. The number of halogens is 1. The van der Waals surface area contributed by atoms with Crippen molar-refractivity contribution in [2.24, 2.45) is 0 Å². The van der Waals surface area contributed by atoms with Gasteiger partial charge in [-0.15, -0.1) is 11.6 Å². The zero-order chi connectivity index (χ0) is 12.8. The number of rotatable bonds is 6. The summed E-state index contributed by atoms with van der Waals surface area (Å²) in [6.45, 7) is 0. The van der Waals surface area contributed by atoms with E-state index < -0.39 is 5.97 Å². The molecule has 0 heterocycles. The standard InChI is InChI=1S/C13H18ClNO2/c1-15(2)11-8-6-10(7-9-11)12(14)4-3-5-13(16)17/h6-9,12H,3-5H2,1-2H3,(H,16,17). The van der Waals surface area contributed by atoms with E-state index in [4.69, 9.17) is 16.7 Å². The summed E-state index contributed by atoms with van der Waals surface area (Å²) in [4.78, 5) is 12.4. The fourth-order valence-electron chi connectivity index (χ4n) is 1.58. The number of hydrogen-bond acceptors (Lipinski definition) is 2. The van der Waals surface area contributed by atoms with E-state index in [0.717, 1.165) is 11.3 Å². The van der Waals surface area contributed by atoms with Crippen molar-refractivity contribution in [2.75, 3.05) is 19.0 Å². The van der Waals surface area contributed by atoms with E-state index in [1.807, 2.05) is 43.3 Å². The summed E-state index contributed by atoms with van der Waals surface area (Å²) >= 11 is 6.22. The van der Waals surface area contributed by atoms with E-state index in [0.29, 0.717) is 12.8 Å². The second-order valence-corrected chi connectivity index (χ2v) is 4.77. The second kappa shape index (κ2) is 6.50. The zero-order valence-corrected chi connectivity index (χ0v) is 10.9. The molecule has 0 fully saturated rings. The van der Waals surface area contributed by atoms with Crippen LogP contribution in [0, 0.1) is 0 Å². The average Bonchev–Trinajstić information content (AvgIpc) is 2.28. The molecular formula is C13H18ClNO2. The van der Waals surface area contributed by atoms with Crippen molar-refractivity contribution in [1.82, 2.24) is 0 Å². The van der Waals surface area contributed by atoms with Gasteiger partial charge >= 0.3 is 5.97 Å². The number of hydrogen-bond donors (Lipinski definition) is 1. The zero-order valence-electron chi connectivity index (χ0n) is 10.2. The third-order valence-corrected chi connectivity index (χ3v) is 3.09. The summed E-state index contributed by atoms with van der Waals surface area (Å²) < 4.78 is 0. The lowest BCUT2D eigenvalue weighted by atomic mass is 10.1. The van der Waals surface area contributed by atoms with Gasteiger partial charge in [0.25, 0.3) is 0 Å². The van der Waals surface area contributed by atoms with Gasteiger partial charge in [0.05, 0.1) is 5.38 Å². The van der Waals surface area contributed by atoms with Crippen LogP contribution in [0.1, 0.15) is 30.2 Å². The quantitative estimate of drug-likeness (QED) is 0.793. The molecule has 1 N–H and O–H groups in total. The number of carboxylic acids is 1. The molecule has 0 aromatic heterocycles. The maximum absolute atomic E-state index is 10.4. The predicted molar refractivity (Wildman–Crippen MR) is 70.8 cm³/mol. The van der Waals surface area contributed by atoms with Gasteiger partial charge < -0.3 is 10.0 Å². The molecule has 1 atom stereocenters. The molecule has 0 aliphatic rings. The van der Waals surface area contributed by atoms with Crippen LogP contribution in [0.4, 0.5) is 5.69 Å². The molecule has 1 aromatic carbocycles. The maximum atomic E-state index is 10.4. The van der Waals surface area contributed by atoms with Gasteiger partial charge in [-0.3, -0.25) is 4.79 Å². The van der Waals surface area contributed by atoms with Crippen molar-refractivity contribution >= 4 is 23.3 Å². The molecule has 0 spiro atoms. The molecule has 0 bridgehead atoms. The van der Waals surface area contributed by atoms with Crippen LogP contribution in [0.3, 0.4) is 0 Å². The van der Waals surface area contributed by atoms with Crippen molar-refractivity contribution in [2.45, 2.75) is 24.6 Å². The number of carboxylic acid groups (broad SMARTS) is 1. The first-order valence-corrected chi connectivity index (χ1v) is 6.07. The Bertz CT molecular complexity index is 362. The van der Waals surface area contributed by atoms with Gasteiger partial charge in [0.2, 0.25) is 0 Å². The Labute approximate surface area is 107 Å². The Balaban J connectivity index is 2.51. The van der Waals surface area contributed by atoms with Crippen molar-refractivity contribution in [1.29, 1.82) is 0 Å². The van der Waals surface area contributed by atoms with Crippen LogP contribution < -0.4 is 4.90 Å². The molecule has 0 aliphatic carbocycles. The predicted octanol–water partition coefficient (Wildman–Crippen LogP) is 3.29. The first kappa shape index (κ1) is 13.8. The molecule has 1 unspecified atom stereocenters. The van der Waals surface area contributed by atoms with Crippen molar-refractivity contribution in [3.63, 3.8) is 0 Å². The lowest BCUT2D eigenvalue weighted by molar-refractivity contribution is -0.137. The maximum Gasteiger partial charge on any atom is 0.303 e. The largest absolute Gasteiger partial charge is 0.481 e. The normalized spacial score (nSPS) is 12.2. The van der Waals surface area contributed by atoms with Crippen LogP contribution in [-0.2, 0) is 4.79 Å². The van der Waals surface area contributed by atoms with E-state index in [2.05, 4.69) is 0 Å². The monoisotopic (exact) mass is 255 g/mol. The summed E-state index contributed by atoms with van der Waals surface area (Å²) in [5.41, 5.74) is 2.17. The lowest BCUT2D eigenvalue weighted by Gasteiger charge is -2.14. The molecule has 94 valence electrons. The summed E-state index contributed by atoms with van der Waals surface area (Å²) in [5.74, 6) is -0.767. The second-order valence-electron chi connectivity index (χ2n) is 4.24. The number of carbonyl (C=O) groups is 1. The van der Waals surface area contributed by atoms with Crippen LogP contribution >= 0.6 is 11.6 Å². The Morgan fingerprint density at radius 1 is 1.35 bits per heavy atom. The molecule has 0 saturated heterocycles. The third-order valence-electron chi connectivity index (χ3n) is 2.62. The Hall–Kier alpha value is -1.22. The smallest absolute Gasteiger partial charge is 0.303 e. The highest BCUT2D eigenvalue weighted by Crippen LogP contribution is 2.27. The van der Waals surface area contributed by atoms with Crippen molar-refractivity contribution in [3.8, 4) is 0 Å². The lowest BCUT2D eigenvalue weighted by Crippen LogP contribution is -2.08. The highest BCUT2D eigenvalue weighted by molar-refractivity contribution is 6.20. The van der Waals surface area contributed by atoms with Gasteiger partial charge in [0.15, 0.2) is 0 Å². The Kier molecular flexibility index (Phi) is 5.29. The van der Waals surface area contributed by atoms with Gasteiger partial charge in [-0.1, -0.05) is 12.1 Å². The van der Waals surface area contributed by atoms with E-state index in [-0.39, 0.29) is 11.8 Å². The first-order chi connectivity index (χ1) is 8.00. The van der Waals surface area contributed by atoms with E-state index in [9.17, 15) is 4.79 Å². The van der Waals surface area contributed by atoms with Gasteiger partial charge in [-0.2, -0.15) is 0 Å². The Morgan fingerprint density at radius 3 is 2.41 bits per heavy atom. The molecule has 17 heavy (non-hydrogen) atoms. The molecule has 4 heteroatoms. The summed E-state index contributed by atoms with van der Waals surface area (Å²) in [5, 5.41) is 8.44. The number of aliphatic carboxylic acids is 1. The minimum atomic E-state index is -0.767. The van der Waals surface area contributed by atoms with Crippen LogP contribution in [0.2, 0.25) is 0 Å². The molecule has 0 amide bonds. The van der Waals surface area contributed by atoms with Gasteiger partial charge in [-0.05, 0) is 30.5 Å². The van der Waals surface area contributed by atoms with Gasteiger partial charge in [0.1, 0.15) is 0 Å². The van der Waals surface area contributed by atoms with Crippen LogP contribution in [0.5, 0.6) is 0 Å². The molecular weight excluding hydrogens is 238 g/mol. The Morgan fingerprint density at radius 2 is 1.94 bits per heavy atom. The molecule has 0 radical (unpaired) electrons. The topological polar surface area (TPSA) is 40.5 Å². The average molecular weight is 256 g/mol. The van der Waals surface area contributed by atoms with Crippen molar-refractivity contribution < 1.29 is 9.90 Å². The van der Waals surface area contributed by atoms with Gasteiger partial charge in [0, 0.05) is 26.2 Å². The summed E-state index contributed by atoms with van der Waals surface area (Å²) in [7, 11) is 3.97. The van der Waals surface area contributed by atoms with E-state index in [1.165, 1.54) is 0 Å². The third kappa shape index (κ3) is 4.65. The minimum Gasteiger partial charge on any atom is -0.481 e. The van der Waals surface area contributed by atoms with E-state index in [1.54, 1.807) is 0 Å². The fraction of sp³-hybridized carbons (Fsp3) is 0.462. The van der Waals surface area contributed by atoms with Crippen LogP contribution in [0.25, 0.3) is 0 Å². The number of benzene rings is 1. The molecule has 1 aromatic rings. The first-order valence-electron chi connectivity index (χ1n) is 5.64. The highest BCUT2D eigenvalue weighted by atomic mass is 35.5. The fourth-order valence-corrected chi connectivity index (χ4v) is 1.88. The number of anilines is 1. The molecule has 1 rings (SSSR count). The molecule has 0 aliphatic heterocycles. The van der Waals surface area contributed by atoms with Crippen LogP contribution in [0.15, 0.2) is 24.3 Å².